The van der Waals surface area contributed by atoms with Crippen LogP contribution in [0.3, 0.4) is 0 Å². The zero-order valence-electron chi connectivity index (χ0n) is 23.4. The van der Waals surface area contributed by atoms with Gasteiger partial charge in [0.1, 0.15) is 23.7 Å². The molecule has 39 heavy (non-hydrogen) atoms. The number of aryl methyl sites for hydroxylation is 1. The quantitative estimate of drug-likeness (QED) is 0.306. The van der Waals surface area contributed by atoms with Crippen molar-refractivity contribution < 1.29 is 29.0 Å². The van der Waals surface area contributed by atoms with Gasteiger partial charge in [-0.25, -0.2) is 9.59 Å². The fraction of sp³-hybridized carbons (Fsp3) is 0.467. The number of amides is 3. The first-order valence-electron chi connectivity index (χ1n) is 13.2. The van der Waals surface area contributed by atoms with Crippen LogP contribution in [0.25, 0.3) is 0 Å². The molecule has 0 heterocycles. The lowest BCUT2D eigenvalue weighted by Crippen LogP contribution is -2.56. The fourth-order valence-electron chi connectivity index (χ4n) is 3.97. The second-order valence-electron chi connectivity index (χ2n) is 11.0. The van der Waals surface area contributed by atoms with Crippen LogP contribution in [0.2, 0.25) is 0 Å². The van der Waals surface area contributed by atoms with Crippen LogP contribution in [0.1, 0.15) is 58.6 Å². The Morgan fingerprint density at radius 1 is 0.769 bits per heavy atom. The molecule has 0 aliphatic heterocycles. The number of hydrogen-bond acceptors (Lipinski definition) is 5. The molecule has 0 saturated heterocycles. The second kappa shape index (κ2) is 14.9. The lowest BCUT2D eigenvalue weighted by Gasteiger charge is -2.26. The van der Waals surface area contributed by atoms with E-state index in [0.717, 1.165) is 11.1 Å². The molecule has 2 unspecified atom stereocenters. The monoisotopic (exact) mass is 539 g/mol. The van der Waals surface area contributed by atoms with E-state index in [1.807, 2.05) is 50.2 Å². The summed E-state index contributed by atoms with van der Waals surface area (Å²) in [5.41, 5.74) is 0.995. The van der Waals surface area contributed by atoms with Gasteiger partial charge < -0.3 is 25.8 Å². The van der Waals surface area contributed by atoms with Crippen LogP contribution in [0, 0.1) is 5.92 Å². The largest absolute Gasteiger partial charge is 0.480 e. The Morgan fingerprint density at radius 3 is 1.79 bits per heavy atom. The fourth-order valence-corrected chi connectivity index (χ4v) is 3.97. The van der Waals surface area contributed by atoms with Crippen molar-refractivity contribution >= 4 is 23.9 Å². The lowest BCUT2D eigenvalue weighted by atomic mass is 10.00. The van der Waals surface area contributed by atoms with Crippen molar-refractivity contribution in [3.8, 4) is 0 Å². The highest BCUT2D eigenvalue weighted by atomic mass is 16.6. The van der Waals surface area contributed by atoms with Gasteiger partial charge >= 0.3 is 12.1 Å². The average molecular weight is 540 g/mol. The number of aliphatic carboxylic acids is 1. The van der Waals surface area contributed by atoms with Crippen LogP contribution >= 0.6 is 0 Å². The number of carbonyl (C=O) groups excluding carboxylic acids is 3. The summed E-state index contributed by atoms with van der Waals surface area (Å²) in [4.78, 5) is 51.0. The van der Waals surface area contributed by atoms with E-state index < -0.39 is 47.6 Å². The summed E-state index contributed by atoms with van der Waals surface area (Å²) in [5, 5.41) is 17.7. The molecule has 4 N–H and O–H groups in total. The van der Waals surface area contributed by atoms with Crippen LogP contribution in [0.4, 0.5) is 4.79 Å². The third-order valence-electron chi connectivity index (χ3n) is 5.81. The first-order chi connectivity index (χ1) is 18.3. The highest BCUT2D eigenvalue weighted by Gasteiger charge is 2.31. The number of nitrogens with one attached hydrogen (secondary N) is 3. The summed E-state index contributed by atoms with van der Waals surface area (Å²) in [7, 11) is 0. The zero-order valence-corrected chi connectivity index (χ0v) is 23.4. The third-order valence-corrected chi connectivity index (χ3v) is 5.81. The third kappa shape index (κ3) is 12.0. The standard InChI is InChI=1S/C30H41N3O6/c1-20(2)18-24(27(35)32-25(28(36)37)19-22-14-10-7-11-15-22)31-26(34)23(33-29(38)39-30(3,4)5)17-16-21-12-8-6-9-13-21/h6-15,20,23-25H,16-19H2,1-5H3,(H,31,34)(H,32,35)(H,33,38)(H,36,37)/t23-,24?,25?/m0/s1. The van der Waals surface area contributed by atoms with Gasteiger partial charge in [0.05, 0.1) is 0 Å². The van der Waals surface area contributed by atoms with Crippen LogP contribution in [-0.2, 0) is 32.0 Å². The van der Waals surface area contributed by atoms with Crippen molar-refractivity contribution in [3.05, 3.63) is 71.8 Å². The van der Waals surface area contributed by atoms with Gasteiger partial charge in [0.25, 0.3) is 0 Å². The molecule has 9 heteroatoms. The predicted octanol–water partition coefficient (Wildman–Crippen LogP) is 3.86. The maximum Gasteiger partial charge on any atom is 0.408 e. The Labute approximate surface area is 230 Å². The molecule has 0 aliphatic carbocycles. The molecule has 0 fully saturated rings. The molecule has 212 valence electrons. The van der Waals surface area contributed by atoms with Crippen LogP contribution in [0.5, 0.6) is 0 Å². The summed E-state index contributed by atoms with van der Waals surface area (Å²) in [6.07, 6.45) is 0.427. The first kappa shape index (κ1) is 31.3. The SMILES string of the molecule is CC(C)CC(NC(=O)[C@H](CCc1ccccc1)NC(=O)OC(C)(C)C)C(=O)NC(Cc1ccccc1)C(=O)O. The number of hydrogen-bond donors (Lipinski definition) is 4. The maximum absolute atomic E-state index is 13.4. The van der Waals surface area contributed by atoms with E-state index in [0.29, 0.717) is 6.42 Å². The van der Waals surface area contributed by atoms with Gasteiger partial charge in [-0.05, 0) is 57.1 Å². The number of ether oxygens (including phenoxy) is 1. The molecule has 2 aromatic carbocycles. The Kier molecular flexibility index (Phi) is 12.0. The highest BCUT2D eigenvalue weighted by Crippen LogP contribution is 2.12. The van der Waals surface area contributed by atoms with E-state index in [-0.39, 0.29) is 25.2 Å². The number of carboxylic acid groups (broad SMARTS) is 1. The van der Waals surface area contributed by atoms with E-state index >= 15 is 0 Å². The molecule has 0 aliphatic rings. The summed E-state index contributed by atoms with van der Waals surface area (Å²) >= 11 is 0. The van der Waals surface area contributed by atoms with Crippen molar-refractivity contribution in [2.75, 3.05) is 0 Å². The average Bonchev–Trinajstić information content (AvgIpc) is 2.85. The van der Waals surface area contributed by atoms with Gasteiger partial charge in [-0.3, -0.25) is 9.59 Å². The van der Waals surface area contributed by atoms with Gasteiger partial charge in [0.2, 0.25) is 11.8 Å². The van der Waals surface area contributed by atoms with Crippen molar-refractivity contribution in [1.82, 2.24) is 16.0 Å². The summed E-state index contributed by atoms with van der Waals surface area (Å²) in [6.45, 7) is 8.97. The molecule has 9 nitrogen and oxygen atoms in total. The van der Waals surface area contributed by atoms with E-state index in [1.54, 1.807) is 45.0 Å². The maximum atomic E-state index is 13.4. The van der Waals surface area contributed by atoms with E-state index in [1.165, 1.54) is 0 Å². The highest BCUT2D eigenvalue weighted by molar-refractivity contribution is 5.93. The molecule has 3 atom stereocenters. The number of carboxylic acids is 1. The summed E-state index contributed by atoms with van der Waals surface area (Å²) in [6, 6.07) is 15.4. The predicted molar refractivity (Wildman–Crippen MR) is 149 cm³/mol. The number of alkyl carbamates (subject to hydrolysis) is 1. The smallest absolute Gasteiger partial charge is 0.408 e. The van der Waals surface area contributed by atoms with Crippen molar-refractivity contribution in [2.45, 2.75) is 84.0 Å². The summed E-state index contributed by atoms with van der Waals surface area (Å²) < 4.78 is 5.35. The van der Waals surface area contributed by atoms with Crippen LogP contribution in [0.15, 0.2) is 60.7 Å². The minimum absolute atomic E-state index is 0.0278. The Balaban J connectivity index is 2.17. The molecule has 2 rings (SSSR count). The molecule has 0 bridgehead atoms. The molecular formula is C30H41N3O6. The molecule has 0 aromatic heterocycles. The van der Waals surface area contributed by atoms with E-state index in [4.69, 9.17) is 4.74 Å². The summed E-state index contributed by atoms with van der Waals surface area (Å²) in [5.74, 6) is -2.29. The van der Waals surface area contributed by atoms with Gasteiger partial charge in [0.15, 0.2) is 0 Å². The molecule has 0 spiro atoms. The second-order valence-corrected chi connectivity index (χ2v) is 11.0. The van der Waals surface area contributed by atoms with E-state index in [2.05, 4.69) is 16.0 Å². The molecule has 0 radical (unpaired) electrons. The molecule has 3 amide bonds. The van der Waals surface area contributed by atoms with Gasteiger partial charge in [-0.15, -0.1) is 0 Å². The Bertz CT molecular complexity index is 1080. The normalized spacial score (nSPS) is 13.6. The van der Waals surface area contributed by atoms with Crippen LogP contribution in [-0.4, -0.2) is 52.7 Å². The van der Waals surface area contributed by atoms with Crippen molar-refractivity contribution in [3.63, 3.8) is 0 Å². The lowest BCUT2D eigenvalue weighted by molar-refractivity contribution is -0.142. The minimum Gasteiger partial charge on any atom is -0.480 e. The van der Waals surface area contributed by atoms with Gasteiger partial charge in [0, 0.05) is 6.42 Å². The van der Waals surface area contributed by atoms with Crippen molar-refractivity contribution in [2.24, 2.45) is 5.92 Å². The molecule has 0 saturated carbocycles. The van der Waals surface area contributed by atoms with Crippen LogP contribution < -0.4 is 16.0 Å². The molecular weight excluding hydrogens is 498 g/mol. The Morgan fingerprint density at radius 2 is 1.28 bits per heavy atom. The van der Waals surface area contributed by atoms with Gasteiger partial charge in [-0.2, -0.15) is 0 Å². The van der Waals surface area contributed by atoms with Crippen molar-refractivity contribution in [1.29, 1.82) is 0 Å². The van der Waals surface area contributed by atoms with Gasteiger partial charge in [-0.1, -0.05) is 74.5 Å². The zero-order chi connectivity index (χ0) is 29.0. The first-order valence-corrected chi connectivity index (χ1v) is 13.2. The topological polar surface area (TPSA) is 134 Å². The number of rotatable bonds is 13. The minimum atomic E-state index is -1.17. The molecule has 2 aromatic rings. The van der Waals surface area contributed by atoms with E-state index in [9.17, 15) is 24.3 Å². The number of carbonyl (C=O) groups is 4. The number of benzene rings is 2. The Hall–Kier alpha value is -3.88.